The fourth-order valence-electron chi connectivity index (χ4n) is 1.69. The lowest BCUT2D eigenvalue weighted by molar-refractivity contribution is -0.150. The predicted octanol–water partition coefficient (Wildman–Crippen LogP) is 4.21. The van der Waals surface area contributed by atoms with Crippen molar-refractivity contribution in [1.29, 1.82) is 0 Å². The van der Waals surface area contributed by atoms with Gasteiger partial charge in [-0.05, 0) is 42.6 Å². The second-order valence-electron chi connectivity index (χ2n) is 4.70. The van der Waals surface area contributed by atoms with Gasteiger partial charge >= 0.3 is 5.97 Å². The van der Waals surface area contributed by atoms with Gasteiger partial charge in [0.15, 0.2) is 6.10 Å². The van der Waals surface area contributed by atoms with Gasteiger partial charge in [0.05, 0.1) is 5.75 Å². The van der Waals surface area contributed by atoms with E-state index in [2.05, 4.69) is 5.32 Å². The van der Waals surface area contributed by atoms with Crippen molar-refractivity contribution in [3.63, 3.8) is 0 Å². The number of carbonyl (C=O) groups excluding carboxylic acids is 2. The molecule has 0 spiro atoms. The number of nitrogens with one attached hydrogen (secondary N) is 1. The Morgan fingerprint density at radius 2 is 2.04 bits per heavy atom. The number of benzene rings is 1. The highest BCUT2D eigenvalue weighted by molar-refractivity contribution is 7.99. The summed E-state index contributed by atoms with van der Waals surface area (Å²) in [6.45, 7) is 1.55. The van der Waals surface area contributed by atoms with E-state index in [1.54, 1.807) is 42.5 Å². The van der Waals surface area contributed by atoms with Gasteiger partial charge in [0.2, 0.25) is 0 Å². The van der Waals surface area contributed by atoms with Crippen molar-refractivity contribution in [2.45, 2.75) is 18.8 Å². The number of ether oxygens (including phenoxy) is 1. The summed E-state index contributed by atoms with van der Waals surface area (Å²) < 4.78 is 5.13. The molecule has 2 rings (SSSR count). The van der Waals surface area contributed by atoms with Gasteiger partial charge in [-0.1, -0.05) is 17.7 Å². The van der Waals surface area contributed by atoms with E-state index in [9.17, 15) is 9.59 Å². The first-order valence-corrected chi connectivity index (χ1v) is 9.32. The Balaban J connectivity index is 1.71. The zero-order valence-electron chi connectivity index (χ0n) is 12.5. The van der Waals surface area contributed by atoms with E-state index in [1.807, 2.05) is 17.5 Å². The van der Waals surface area contributed by atoms with Crippen molar-refractivity contribution in [2.75, 3.05) is 11.1 Å². The van der Waals surface area contributed by atoms with Crippen LogP contribution in [0.4, 0.5) is 5.69 Å². The Bertz CT molecular complexity index is 644. The molecular formula is C16H16ClNO3S2. The summed E-state index contributed by atoms with van der Waals surface area (Å²) in [5.41, 5.74) is 0.606. The fourth-order valence-corrected chi connectivity index (χ4v) is 3.46. The first-order valence-electron chi connectivity index (χ1n) is 6.90. The van der Waals surface area contributed by atoms with Crippen LogP contribution in [0.15, 0.2) is 41.8 Å². The third-order valence-electron chi connectivity index (χ3n) is 2.83. The van der Waals surface area contributed by atoms with Gasteiger partial charge in [-0.25, -0.2) is 0 Å². The predicted molar refractivity (Wildman–Crippen MR) is 96.1 cm³/mol. The van der Waals surface area contributed by atoms with Crippen LogP contribution in [0.2, 0.25) is 5.02 Å². The molecule has 0 fully saturated rings. The zero-order chi connectivity index (χ0) is 16.7. The minimum absolute atomic E-state index is 0.219. The SMILES string of the molecule is C[C@@H](OC(=O)CSCc1cccs1)C(=O)Nc1ccc(Cl)cc1. The number of hydrogen-bond donors (Lipinski definition) is 1. The van der Waals surface area contributed by atoms with Crippen molar-refractivity contribution >= 4 is 52.3 Å². The topological polar surface area (TPSA) is 55.4 Å². The summed E-state index contributed by atoms with van der Waals surface area (Å²) in [4.78, 5) is 24.9. The molecular weight excluding hydrogens is 354 g/mol. The van der Waals surface area contributed by atoms with Gasteiger partial charge in [-0.15, -0.1) is 23.1 Å². The molecule has 0 unspecified atom stereocenters. The Hall–Kier alpha value is -1.50. The second kappa shape index (κ2) is 8.96. The Labute approximate surface area is 148 Å². The summed E-state index contributed by atoms with van der Waals surface area (Å²) in [5.74, 6) is 0.212. The van der Waals surface area contributed by atoms with Gasteiger partial charge in [0.1, 0.15) is 0 Å². The van der Waals surface area contributed by atoms with Crippen LogP contribution in [0, 0.1) is 0 Å². The van der Waals surface area contributed by atoms with E-state index < -0.39 is 12.1 Å². The molecule has 1 aromatic heterocycles. The van der Waals surface area contributed by atoms with Crippen molar-refractivity contribution in [2.24, 2.45) is 0 Å². The maximum absolute atomic E-state index is 12.0. The first kappa shape index (κ1) is 17.8. The highest BCUT2D eigenvalue weighted by atomic mass is 35.5. The molecule has 0 aliphatic carbocycles. The molecule has 0 saturated carbocycles. The van der Waals surface area contributed by atoms with Crippen LogP contribution in [0.1, 0.15) is 11.8 Å². The largest absolute Gasteiger partial charge is 0.452 e. The molecule has 0 saturated heterocycles. The molecule has 0 aliphatic rings. The average Bonchev–Trinajstić information content (AvgIpc) is 3.02. The quantitative estimate of drug-likeness (QED) is 0.743. The number of anilines is 1. The van der Waals surface area contributed by atoms with E-state index in [-0.39, 0.29) is 11.7 Å². The third kappa shape index (κ3) is 6.25. The average molecular weight is 370 g/mol. The lowest BCUT2D eigenvalue weighted by Gasteiger charge is -2.13. The van der Waals surface area contributed by atoms with Crippen molar-refractivity contribution in [3.05, 3.63) is 51.7 Å². The maximum Gasteiger partial charge on any atom is 0.316 e. The van der Waals surface area contributed by atoms with Gasteiger partial charge in [-0.3, -0.25) is 9.59 Å². The molecule has 0 aliphatic heterocycles. The smallest absolute Gasteiger partial charge is 0.316 e. The van der Waals surface area contributed by atoms with Crippen LogP contribution in [0.3, 0.4) is 0 Å². The summed E-state index contributed by atoms with van der Waals surface area (Å²) in [5, 5.41) is 5.26. The van der Waals surface area contributed by atoms with Gasteiger partial charge in [0.25, 0.3) is 5.91 Å². The van der Waals surface area contributed by atoms with Crippen LogP contribution in [0.5, 0.6) is 0 Å². The molecule has 4 nitrogen and oxygen atoms in total. The Morgan fingerprint density at radius 3 is 2.70 bits per heavy atom. The normalized spacial score (nSPS) is 11.7. The number of halogens is 1. The molecule has 1 aromatic carbocycles. The highest BCUT2D eigenvalue weighted by Crippen LogP contribution is 2.17. The molecule has 1 amide bonds. The standard InChI is InChI=1S/C16H16ClNO3S2/c1-11(16(20)18-13-6-4-12(17)5-7-13)21-15(19)10-22-9-14-3-2-8-23-14/h2-8,11H,9-10H2,1H3,(H,18,20)/t11-/m1/s1. The van der Waals surface area contributed by atoms with E-state index in [0.717, 1.165) is 5.75 Å². The third-order valence-corrected chi connectivity index (χ3v) is 5.10. The second-order valence-corrected chi connectivity index (χ2v) is 7.15. The number of carbonyl (C=O) groups is 2. The Morgan fingerprint density at radius 1 is 1.30 bits per heavy atom. The maximum atomic E-state index is 12.0. The van der Waals surface area contributed by atoms with Crippen molar-refractivity contribution in [1.82, 2.24) is 0 Å². The van der Waals surface area contributed by atoms with E-state index >= 15 is 0 Å². The van der Waals surface area contributed by atoms with Crippen molar-refractivity contribution < 1.29 is 14.3 Å². The highest BCUT2D eigenvalue weighted by Gasteiger charge is 2.17. The first-order chi connectivity index (χ1) is 11.0. The monoisotopic (exact) mass is 369 g/mol. The molecule has 7 heteroatoms. The fraction of sp³-hybridized carbons (Fsp3) is 0.250. The van der Waals surface area contributed by atoms with Crippen LogP contribution in [-0.2, 0) is 20.1 Å². The van der Waals surface area contributed by atoms with Gasteiger partial charge in [0, 0.05) is 21.3 Å². The van der Waals surface area contributed by atoms with Crippen LogP contribution < -0.4 is 5.32 Å². The summed E-state index contributed by atoms with van der Waals surface area (Å²) in [6, 6.07) is 10.7. The number of thiophene rings is 1. The lowest BCUT2D eigenvalue weighted by Crippen LogP contribution is -2.30. The number of esters is 1. The number of thioether (sulfide) groups is 1. The minimum Gasteiger partial charge on any atom is -0.452 e. The molecule has 1 heterocycles. The van der Waals surface area contributed by atoms with Gasteiger partial charge < -0.3 is 10.1 Å². The zero-order valence-corrected chi connectivity index (χ0v) is 14.8. The summed E-state index contributed by atoms with van der Waals surface area (Å²) in [7, 11) is 0. The van der Waals surface area contributed by atoms with Crippen molar-refractivity contribution in [3.8, 4) is 0 Å². The lowest BCUT2D eigenvalue weighted by atomic mass is 10.3. The van der Waals surface area contributed by atoms with E-state index in [0.29, 0.717) is 10.7 Å². The molecule has 1 N–H and O–H groups in total. The molecule has 2 aromatic rings. The van der Waals surface area contributed by atoms with Crippen LogP contribution in [0.25, 0.3) is 0 Å². The van der Waals surface area contributed by atoms with Gasteiger partial charge in [-0.2, -0.15) is 0 Å². The number of rotatable bonds is 7. The van der Waals surface area contributed by atoms with Crippen LogP contribution in [-0.4, -0.2) is 23.7 Å². The summed E-state index contributed by atoms with van der Waals surface area (Å²) in [6.07, 6.45) is -0.847. The summed E-state index contributed by atoms with van der Waals surface area (Å²) >= 11 is 8.90. The van der Waals surface area contributed by atoms with E-state index in [1.165, 1.54) is 16.6 Å². The Kier molecular flexibility index (Phi) is 6.95. The van der Waals surface area contributed by atoms with E-state index in [4.69, 9.17) is 16.3 Å². The molecule has 1 atom stereocenters. The van der Waals surface area contributed by atoms with Crippen LogP contribution >= 0.6 is 34.7 Å². The molecule has 23 heavy (non-hydrogen) atoms. The number of hydrogen-bond acceptors (Lipinski definition) is 5. The minimum atomic E-state index is -0.847. The molecule has 0 bridgehead atoms. The molecule has 122 valence electrons. The molecule has 0 radical (unpaired) electrons. The number of amides is 1.